The molecule has 0 fully saturated rings. The van der Waals surface area contributed by atoms with Gasteiger partial charge in [-0.05, 0) is 31.7 Å². The summed E-state index contributed by atoms with van der Waals surface area (Å²) in [7, 11) is 0. The van der Waals surface area contributed by atoms with Crippen molar-refractivity contribution in [3.63, 3.8) is 0 Å². The molecule has 1 aromatic heterocycles. The number of carbonyl (C=O) groups is 1. The Kier molecular flexibility index (Phi) is 5.95. The number of aliphatic hydroxyl groups is 1. The standard InChI is InChI=1S/C15H24N2O3/c1-11(2)20-13-6-5-12(9-16-13)14(19)17-10-15(3,4)7-8-18/h5-6,9,11,18H,7-8,10H2,1-4H3,(H,17,19). The minimum absolute atomic E-state index is 0.0569. The van der Waals surface area contributed by atoms with Gasteiger partial charge in [0, 0.05) is 25.4 Å². The normalized spacial score (nSPS) is 11.5. The second-order valence-corrected chi connectivity index (χ2v) is 5.87. The zero-order valence-electron chi connectivity index (χ0n) is 12.6. The number of pyridine rings is 1. The van der Waals surface area contributed by atoms with Crippen molar-refractivity contribution >= 4 is 5.91 Å². The third kappa shape index (κ3) is 5.57. The van der Waals surface area contributed by atoms with Gasteiger partial charge in [0.05, 0.1) is 11.7 Å². The number of amides is 1. The number of carbonyl (C=O) groups excluding carboxylic acids is 1. The van der Waals surface area contributed by atoms with Crippen molar-refractivity contribution in [3.8, 4) is 5.88 Å². The van der Waals surface area contributed by atoms with Crippen molar-refractivity contribution in [1.29, 1.82) is 0 Å². The van der Waals surface area contributed by atoms with Crippen LogP contribution >= 0.6 is 0 Å². The van der Waals surface area contributed by atoms with E-state index in [1.165, 1.54) is 6.20 Å². The quantitative estimate of drug-likeness (QED) is 0.801. The highest BCUT2D eigenvalue weighted by Gasteiger charge is 2.18. The van der Waals surface area contributed by atoms with Gasteiger partial charge in [-0.25, -0.2) is 4.98 Å². The van der Waals surface area contributed by atoms with Crippen LogP contribution in [0, 0.1) is 5.41 Å². The number of ether oxygens (including phenoxy) is 1. The highest BCUT2D eigenvalue weighted by Crippen LogP contribution is 2.18. The van der Waals surface area contributed by atoms with E-state index in [0.717, 1.165) is 0 Å². The molecular weight excluding hydrogens is 256 g/mol. The Balaban J connectivity index is 2.55. The number of aromatic nitrogens is 1. The lowest BCUT2D eigenvalue weighted by Crippen LogP contribution is -2.34. The predicted molar refractivity (Wildman–Crippen MR) is 77.8 cm³/mol. The first-order valence-electron chi connectivity index (χ1n) is 6.86. The molecule has 0 saturated carbocycles. The second-order valence-electron chi connectivity index (χ2n) is 5.87. The monoisotopic (exact) mass is 280 g/mol. The summed E-state index contributed by atoms with van der Waals surface area (Å²) in [6.45, 7) is 8.47. The van der Waals surface area contributed by atoms with Crippen LogP contribution in [0.5, 0.6) is 5.88 Å². The Bertz CT molecular complexity index is 427. The topological polar surface area (TPSA) is 71.5 Å². The fourth-order valence-corrected chi connectivity index (χ4v) is 1.64. The van der Waals surface area contributed by atoms with Crippen molar-refractivity contribution in [2.45, 2.75) is 40.2 Å². The van der Waals surface area contributed by atoms with E-state index >= 15 is 0 Å². The van der Waals surface area contributed by atoms with Crippen LogP contribution in [0.3, 0.4) is 0 Å². The van der Waals surface area contributed by atoms with Gasteiger partial charge in [0.25, 0.3) is 5.91 Å². The Morgan fingerprint density at radius 1 is 1.45 bits per heavy atom. The van der Waals surface area contributed by atoms with Gasteiger partial charge in [-0.3, -0.25) is 4.79 Å². The maximum absolute atomic E-state index is 12.0. The molecule has 5 heteroatoms. The van der Waals surface area contributed by atoms with Gasteiger partial charge in [-0.1, -0.05) is 13.8 Å². The Labute approximate surface area is 120 Å². The van der Waals surface area contributed by atoms with Crippen LogP contribution in [-0.4, -0.2) is 35.3 Å². The van der Waals surface area contributed by atoms with Gasteiger partial charge in [0.15, 0.2) is 0 Å². The molecule has 0 unspecified atom stereocenters. The molecule has 0 saturated heterocycles. The molecule has 0 radical (unpaired) electrons. The average Bonchev–Trinajstić information content (AvgIpc) is 2.36. The summed E-state index contributed by atoms with van der Waals surface area (Å²) >= 11 is 0. The molecule has 0 bridgehead atoms. The van der Waals surface area contributed by atoms with E-state index in [2.05, 4.69) is 10.3 Å². The van der Waals surface area contributed by atoms with Gasteiger partial charge in [0.1, 0.15) is 0 Å². The summed E-state index contributed by atoms with van der Waals surface area (Å²) in [5.74, 6) is 0.344. The largest absolute Gasteiger partial charge is 0.475 e. The predicted octanol–water partition coefficient (Wildman–Crippen LogP) is 2.01. The molecule has 1 aromatic rings. The van der Waals surface area contributed by atoms with Crippen LogP contribution in [0.2, 0.25) is 0 Å². The van der Waals surface area contributed by atoms with E-state index in [4.69, 9.17) is 9.84 Å². The van der Waals surface area contributed by atoms with Crippen molar-refractivity contribution in [2.24, 2.45) is 5.41 Å². The third-order valence-corrected chi connectivity index (χ3v) is 2.87. The van der Waals surface area contributed by atoms with E-state index in [9.17, 15) is 4.79 Å². The summed E-state index contributed by atoms with van der Waals surface area (Å²) in [4.78, 5) is 16.1. The number of nitrogens with one attached hydrogen (secondary N) is 1. The molecule has 2 N–H and O–H groups in total. The van der Waals surface area contributed by atoms with Crippen molar-refractivity contribution in [3.05, 3.63) is 23.9 Å². The molecular formula is C15H24N2O3. The van der Waals surface area contributed by atoms with E-state index < -0.39 is 0 Å². The summed E-state index contributed by atoms with van der Waals surface area (Å²) in [5, 5.41) is 11.8. The maximum atomic E-state index is 12.0. The second kappa shape index (κ2) is 7.24. The molecule has 0 aromatic carbocycles. The molecule has 5 nitrogen and oxygen atoms in total. The average molecular weight is 280 g/mol. The van der Waals surface area contributed by atoms with E-state index in [0.29, 0.717) is 24.4 Å². The first-order chi connectivity index (χ1) is 9.34. The first kappa shape index (κ1) is 16.4. The Hall–Kier alpha value is -1.62. The smallest absolute Gasteiger partial charge is 0.252 e. The van der Waals surface area contributed by atoms with Gasteiger partial charge in [0.2, 0.25) is 5.88 Å². The molecule has 0 atom stereocenters. The molecule has 1 heterocycles. The number of hydrogen-bond donors (Lipinski definition) is 2. The lowest BCUT2D eigenvalue weighted by atomic mass is 9.90. The van der Waals surface area contributed by atoms with Crippen molar-refractivity contribution in [2.75, 3.05) is 13.2 Å². The minimum Gasteiger partial charge on any atom is -0.475 e. The van der Waals surface area contributed by atoms with Crippen LogP contribution in [0.1, 0.15) is 44.5 Å². The highest BCUT2D eigenvalue weighted by atomic mass is 16.5. The summed E-state index contributed by atoms with van der Waals surface area (Å²) in [5.41, 5.74) is 0.374. The summed E-state index contributed by atoms with van der Waals surface area (Å²) in [6, 6.07) is 3.38. The lowest BCUT2D eigenvalue weighted by Gasteiger charge is -2.23. The van der Waals surface area contributed by atoms with Crippen molar-refractivity contribution in [1.82, 2.24) is 10.3 Å². The number of hydrogen-bond acceptors (Lipinski definition) is 4. The van der Waals surface area contributed by atoms with Gasteiger partial charge >= 0.3 is 0 Å². The number of aliphatic hydroxyl groups excluding tert-OH is 1. The minimum atomic E-state index is -0.167. The zero-order chi connectivity index (χ0) is 15.2. The molecule has 20 heavy (non-hydrogen) atoms. The Morgan fingerprint density at radius 3 is 2.65 bits per heavy atom. The molecule has 0 spiro atoms. The maximum Gasteiger partial charge on any atom is 0.252 e. The first-order valence-corrected chi connectivity index (χ1v) is 6.86. The lowest BCUT2D eigenvalue weighted by molar-refractivity contribution is 0.0927. The van der Waals surface area contributed by atoms with Crippen LogP contribution in [0.4, 0.5) is 0 Å². The molecule has 1 amide bonds. The third-order valence-electron chi connectivity index (χ3n) is 2.87. The fraction of sp³-hybridized carbons (Fsp3) is 0.600. The van der Waals surface area contributed by atoms with Gasteiger partial charge < -0.3 is 15.2 Å². The SMILES string of the molecule is CC(C)Oc1ccc(C(=O)NCC(C)(C)CCO)cn1. The number of nitrogens with zero attached hydrogens (tertiary/aromatic N) is 1. The number of rotatable bonds is 7. The summed E-state index contributed by atoms with van der Waals surface area (Å²) in [6.07, 6.45) is 2.21. The van der Waals surface area contributed by atoms with Crippen LogP contribution in [-0.2, 0) is 0 Å². The van der Waals surface area contributed by atoms with E-state index in [1.807, 2.05) is 27.7 Å². The van der Waals surface area contributed by atoms with E-state index in [-0.39, 0.29) is 24.0 Å². The Morgan fingerprint density at radius 2 is 2.15 bits per heavy atom. The molecule has 1 rings (SSSR count). The molecule has 112 valence electrons. The van der Waals surface area contributed by atoms with Crippen LogP contribution in [0.25, 0.3) is 0 Å². The molecule has 0 aliphatic rings. The fourth-order valence-electron chi connectivity index (χ4n) is 1.64. The van der Waals surface area contributed by atoms with Gasteiger partial charge in [-0.15, -0.1) is 0 Å². The van der Waals surface area contributed by atoms with Crippen LogP contribution < -0.4 is 10.1 Å². The van der Waals surface area contributed by atoms with Gasteiger partial charge in [-0.2, -0.15) is 0 Å². The van der Waals surface area contributed by atoms with E-state index in [1.54, 1.807) is 12.1 Å². The summed E-state index contributed by atoms with van der Waals surface area (Å²) < 4.78 is 5.42. The van der Waals surface area contributed by atoms with Crippen LogP contribution in [0.15, 0.2) is 18.3 Å². The molecule has 0 aliphatic carbocycles. The molecule has 0 aliphatic heterocycles. The zero-order valence-corrected chi connectivity index (χ0v) is 12.6. The highest BCUT2D eigenvalue weighted by molar-refractivity contribution is 5.93. The van der Waals surface area contributed by atoms with Crippen molar-refractivity contribution < 1.29 is 14.6 Å².